The van der Waals surface area contributed by atoms with Gasteiger partial charge < -0.3 is 24.8 Å². The van der Waals surface area contributed by atoms with Crippen LogP contribution in [0.4, 0.5) is 0 Å². The molecule has 0 nitrogen and oxygen atoms in total. The van der Waals surface area contributed by atoms with Crippen LogP contribution in [0.15, 0.2) is 90.0 Å². The first-order valence-electron chi connectivity index (χ1n) is 13.7. The van der Waals surface area contributed by atoms with Gasteiger partial charge in [0.05, 0.1) is 0 Å². The SMILES string of the molecule is CC(C)(C)c1ccc2c(c1)[cH-]c1cc(C(C)(C)C)ccc12.CC1=[C-]C(C)C=C1C.C[C](=[Zr+2])c1ccccc1.[Cl-].[Cl-]. The van der Waals surface area contributed by atoms with E-state index < -0.39 is 0 Å². The summed E-state index contributed by atoms with van der Waals surface area (Å²) >= 11 is 1.51. The van der Waals surface area contributed by atoms with Gasteiger partial charge >= 0.3 is 70.3 Å². The summed E-state index contributed by atoms with van der Waals surface area (Å²) in [5, 5.41) is 5.48. The summed E-state index contributed by atoms with van der Waals surface area (Å²) in [5.74, 6) is 0.551. The predicted octanol–water partition coefficient (Wildman–Crippen LogP) is 4.42. The summed E-state index contributed by atoms with van der Waals surface area (Å²) in [6.45, 7) is 22.2. The molecule has 1 unspecified atom stereocenters. The fraction of sp³-hybridized carbons (Fsp3) is 0.351. The average Bonchev–Trinajstić information content (AvgIpc) is 3.35. The predicted molar refractivity (Wildman–Crippen MR) is 166 cm³/mol. The zero-order valence-electron chi connectivity index (χ0n) is 25.8. The molecule has 4 aromatic rings. The van der Waals surface area contributed by atoms with E-state index in [1.54, 1.807) is 0 Å². The minimum Gasteiger partial charge on any atom is -1.00 e. The number of benzene rings is 3. The Morgan fingerprint density at radius 1 is 0.750 bits per heavy atom. The van der Waals surface area contributed by atoms with Crippen LogP contribution >= 0.6 is 0 Å². The fourth-order valence-electron chi connectivity index (χ4n) is 4.64. The van der Waals surface area contributed by atoms with E-state index in [1.165, 1.54) is 76.8 Å². The van der Waals surface area contributed by atoms with Crippen molar-refractivity contribution in [2.75, 3.05) is 0 Å². The average molecular weight is 651 g/mol. The van der Waals surface area contributed by atoms with Gasteiger partial charge in [-0.15, -0.1) is 46.7 Å². The summed E-state index contributed by atoms with van der Waals surface area (Å²) in [6, 6.07) is 26.7. The van der Waals surface area contributed by atoms with Crippen molar-refractivity contribution >= 4 is 24.8 Å². The van der Waals surface area contributed by atoms with Gasteiger partial charge in [0, 0.05) is 0 Å². The van der Waals surface area contributed by atoms with E-state index in [-0.39, 0.29) is 35.6 Å². The van der Waals surface area contributed by atoms with Gasteiger partial charge in [0.15, 0.2) is 0 Å². The molecule has 1 atom stereocenters. The van der Waals surface area contributed by atoms with Crippen LogP contribution in [0, 0.1) is 12.0 Å². The Morgan fingerprint density at radius 3 is 1.48 bits per heavy atom. The third-order valence-corrected chi connectivity index (χ3v) is 7.89. The molecule has 4 aromatic carbocycles. The summed E-state index contributed by atoms with van der Waals surface area (Å²) in [4.78, 5) is 0. The molecule has 212 valence electrons. The molecule has 0 N–H and O–H groups in total. The quantitative estimate of drug-likeness (QED) is 0.268. The van der Waals surface area contributed by atoms with E-state index in [9.17, 15) is 0 Å². The van der Waals surface area contributed by atoms with Gasteiger partial charge in [0.1, 0.15) is 0 Å². The van der Waals surface area contributed by atoms with Gasteiger partial charge in [0.25, 0.3) is 0 Å². The molecule has 3 heteroatoms. The molecule has 0 bridgehead atoms. The van der Waals surface area contributed by atoms with Crippen molar-refractivity contribution in [3.63, 3.8) is 0 Å². The van der Waals surface area contributed by atoms with Crippen LogP contribution in [0.1, 0.15) is 85.9 Å². The minimum atomic E-state index is 0. The molecule has 1 aliphatic rings. The van der Waals surface area contributed by atoms with Gasteiger partial charge in [-0.3, -0.25) is 6.08 Å². The molecular formula is C37H44Cl2Zr-2. The molecule has 0 spiro atoms. The first kappa shape index (κ1) is 36.4. The fourth-order valence-corrected chi connectivity index (χ4v) is 5.05. The summed E-state index contributed by atoms with van der Waals surface area (Å²) in [7, 11) is 0. The maximum atomic E-state index is 3.29. The Labute approximate surface area is 270 Å². The molecule has 0 amide bonds. The smallest absolute Gasteiger partial charge is 1.00 e. The Hall–Kier alpha value is -1.66. The first-order valence-corrected chi connectivity index (χ1v) is 14.9. The van der Waals surface area contributed by atoms with Crippen molar-refractivity contribution in [2.24, 2.45) is 5.92 Å². The topological polar surface area (TPSA) is 0 Å². The molecule has 0 heterocycles. The van der Waals surface area contributed by atoms with E-state index in [0.717, 1.165) is 0 Å². The van der Waals surface area contributed by atoms with Crippen LogP contribution in [0.5, 0.6) is 0 Å². The molecule has 0 radical (unpaired) electrons. The molecule has 0 saturated heterocycles. The third-order valence-electron chi connectivity index (χ3n) is 7.18. The van der Waals surface area contributed by atoms with E-state index in [0.29, 0.717) is 5.92 Å². The number of hydrogen-bond acceptors (Lipinski definition) is 0. The van der Waals surface area contributed by atoms with E-state index in [4.69, 9.17) is 0 Å². The summed E-state index contributed by atoms with van der Waals surface area (Å²) in [6.07, 6.45) is 5.52. The van der Waals surface area contributed by atoms with E-state index >= 15 is 0 Å². The second-order valence-electron chi connectivity index (χ2n) is 12.6. The first-order chi connectivity index (χ1) is 17.7. The Morgan fingerprint density at radius 2 is 1.20 bits per heavy atom. The van der Waals surface area contributed by atoms with Crippen LogP contribution in [0.25, 0.3) is 21.5 Å². The van der Waals surface area contributed by atoms with Gasteiger partial charge in [-0.05, 0) is 10.8 Å². The maximum absolute atomic E-state index is 3.29. The van der Waals surface area contributed by atoms with Crippen molar-refractivity contribution in [3.05, 3.63) is 113 Å². The van der Waals surface area contributed by atoms with Gasteiger partial charge in [-0.1, -0.05) is 96.7 Å². The number of allylic oxidation sites excluding steroid dienone is 4. The van der Waals surface area contributed by atoms with Crippen molar-refractivity contribution in [1.82, 2.24) is 0 Å². The van der Waals surface area contributed by atoms with Crippen LogP contribution in [0.2, 0.25) is 0 Å². The van der Waals surface area contributed by atoms with Crippen LogP contribution in [0.3, 0.4) is 0 Å². The monoisotopic (exact) mass is 648 g/mol. The Bertz CT molecular complexity index is 1390. The molecule has 40 heavy (non-hydrogen) atoms. The van der Waals surface area contributed by atoms with Crippen molar-refractivity contribution < 1.29 is 49.0 Å². The summed E-state index contributed by atoms with van der Waals surface area (Å²) < 4.78 is 1.46. The zero-order chi connectivity index (χ0) is 28.3. The van der Waals surface area contributed by atoms with Crippen LogP contribution < -0.4 is 24.8 Å². The van der Waals surface area contributed by atoms with Crippen molar-refractivity contribution in [3.8, 4) is 0 Å². The number of rotatable bonds is 1. The maximum Gasteiger partial charge on any atom is -1.00 e. The van der Waals surface area contributed by atoms with Gasteiger partial charge in [0.2, 0.25) is 0 Å². The second-order valence-corrected chi connectivity index (χ2v) is 14.5. The van der Waals surface area contributed by atoms with E-state index in [2.05, 4.69) is 148 Å². The number of halogens is 2. The second kappa shape index (κ2) is 15.0. The molecule has 1 aliphatic carbocycles. The summed E-state index contributed by atoms with van der Waals surface area (Å²) in [5.41, 5.74) is 7.29. The standard InChI is InChI=1S/C21H25.C8H11.C8H8.2ClH.Zr/c1-20(2,3)16-7-9-18-14(12-16)11-15-13-17(21(4,5)6)8-10-19(15)18;1-6-4-7(2)8(3)5-6;1-2-8-6-4-3-5-7-8;;;/h7-13H,1-6H3;4,6H,1-3H3;3-7H,1H3;2*1H;/q2*-1;;;;+2/p-2. The van der Waals surface area contributed by atoms with Crippen LogP contribution in [-0.2, 0) is 35.1 Å². The third kappa shape index (κ3) is 9.72. The van der Waals surface area contributed by atoms with Crippen molar-refractivity contribution in [2.45, 2.75) is 80.1 Å². The molecule has 0 fully saturated rings. The largest absolute Gasteiger partial charge is 1.00 e. The molecule has 0 saturated carbocycles. The number of hydrogen-bond donors (Lipinski definition) is 0. The van der Waals surface area contributed by atoms with Crippen LogP contribution in [-0.4, -0.2) is 3.21 Å². The molecular weight excluding hydrogens is 607 g/mol. The van der Waals surface area contributed by atoms with E-state index in [1.807, 2.05) is 6.07 Å². The zero-order valence-corrected chi connectivity index (χ0v) is 29.8. The van der Waals surface area contributed by atoms with Gasteiger partial charge in [-0.2, -0.15) is 6.08 Å². The number of fused-ring (bicyclic) bond motifs is 3. The molecule has 0 aromatic heterocycles. The Kier molecular flexibility index (Phi) is 13.6. The molecule has 0 aliphatic heterocycles. The Balaban J connectivity index is 0.000000350. The van der Waals surface area contributed by atoms with Gasteiger partial charge in [-0.25, -0.2) is 11.1 Å². The normalized spacial score (nSPS) is 14.6. The van der Waals surface area contributed by atoms with Crippen molar-refractivity contribution in [1.29, 1.82) is 0 Å². The minimum absolute atomic E-state index is 0. The molecule has 5 rings (SSSR count).